The Labute approximate surface area is 118 Å². The number of carbonyl (C=O) groups excluding carboxylic acids is 1. The van der Waals surface area contributed by atoms with Crippen LogP contribution < -0.4 is 0 Å². The maximum Gasteiger partial charge on any atom is 0.306 e. The first-order chi connectivity index (χ1) is 8.52. The Hall–Kier alpha value is -0.830. The minimum Gasteiger partial charge on any atom is -0.466 e. The molecule has 3 heteroatoms. The van der Waals surface area contributed by atoms with Crippen LogP contribution in [0.5, 0.6) is 0 Å². The molecule has 0 fully saturated rings. The number of ether oxygens (including phenoxy) is 1. The van der Waals surface area contributed by atoms with E-state index in [-0.39, 0.29) is 5.97 Å². The van der Waals surface area contributed by atoms with Gasteiger partial charge in [-0.25, -0.2) is 0 Å². The van der Waals surface area contributed by atoms with Crippen LogP contribution in [-0.2, 0) is 16.0 Å². The number of carbonyl (C=O) groups is 1. The highest BCUT2D eigenvalue weighted by molar-refractivity contribution is 9.10. The second-order valence-electron chi connectivity index (χ2n) is 4.84. The van der Waals surface area contributed by atoms with E-state index in [1.165, 1.54) is 5.56 Å². The van der Waals surface area contributed by atoms with Gasteiger partial charge in [0.15, 0.2) is 0 Å². The molecule has 0 N–H and O–H groups in total. The van der Waals surface area contributed by atoms with Gasteiger partial charge in [-0.1, -0.05) is 41.9 Å². The Balaban J connectivity index is 2.62. The van der Waals surface area contributed by atoms with Gasteiger partial charge < -0.3 is 4.74 Å². The minimum atomic E-state index is -0.0895. The van der Waals surface area contributed by atoms with Crippen molar-refractivity contribution in [1.29, 1.82) is 0 Å². The average molecular weight is 313 g/mol. The van der Waals surface area contributed by atoms with Gasteiger partial charge in [0.2, 0.25) is 0 Å². The fraction of sp³-hybridized carbons (Fsp3) is 0.533. The van der Waals surface area contributed by atoms with E-state index in [0.717, 1.165) is 10.9 Å². The van der Waals surface area contributed by atoms with E-state index < -0.39 is 0 Å². The summed E-state index contributed by atoms with van der Waals surface area (Å²) in [6.07, 6.45) is 1.42. The minimum absolute atomic E-state index is 0.0895. The summed E-state index contributed by atoms with van der Waals surface area (Å²) in [4.78, 5) is 11.6. The highest BCUT2D eigenvalue weighted by Crippen LogP contribution is 2.22. The van der Waals surface area contributed by atoms with Crippen molar-refractivity contribution in [1.82, 2.24) is 0 Å². The smallest absolute Gasteiger partial charge is 0.306 e. The lowest BCUT2D eigenvalue weighted by molar-refractivity contribution is -0.144. The molecule has 1 unspecified atom stereocenters. The van der Waals surface area contributed by atoms with Gasteiger partial charge in [-0.2, -0.15) is 0 Å². The molecule has 1 aromatic carbocycles. The average Bonchev–Trinajstić information content (AvgIpc) is 2.31. The number of halogens is 1. The number of hydrogen-bond acceptors (Lipinski definition) is 2. The summed E-state index contributed by atoms with van der Waals surface area (Å²) in [5, 5.41) is 0. The predicted molar refractivity (Wildman–Crippen MR) is 77.4 cm³/mol. The van der Waals surface area contributed by atoms with E-state index in [4.69, 9.17) is 4.74 Å². The first-order valence-corrected chi connectivity index (χ1v) is 7.22. The molecule has 0 amide bonds. The third-order valence-corrected chi connectivity index (χ3v) is 3.62. The molecular formula is C15H21BrO2. The van der Waals surface area contributed by atoms with Gasteiger partial charge in [0.25, 0.3) is 0 Å². The Morgan fingerprint density at radius 3 is 2.39 bits per heavy atom. The molecule has 0 aliphatic heterocycles. The summed E-state index contributed by atoms with van der Waals surface area (Å²) >= 11 is 3.43. The largest absolute Gasteiger partial charge is 0.466 e. The second kappa shape index (κ2) is 7.57. The molecule has 0 aliphatic carbocycles. The molecule has 0 radical (unpaired) electrons. The van der Waals surface area contributed by atoms with Crippen LogP contribution >= 0.6 is 15.9 Å². The molecule has 0 saturated heterocycles. The molecule has 0 saturated carbocycles. The molecule has 1 aromatic rings. The summed E-state index contributed by atoms with van der Waals surface area (Å²) in [5.74, 6) is 0.719. The van der Waals surface area contributed by atoms with Crippen molar-refractivity contribution < 1.29 is 9.53 Å². The first-order valence-electron chi connectivity index (χ1n) is 6.43. The van der Waals surface area contributed by atoms with Crippen LogP contribution in [0.1, 0.15) is 32.8 Å². The van der Waals surface area contributed by atoms with Gasteiger partial charge in [0.1, 0.15) is 0 Å². The Bertz CT molecular complexity index is 371. The summed E-state index contributed by atoms with van der Waals surface area (Å²) in [6.45, 7) is 6.62. The van der Waals surface area contributed by atoms with E-state index in [0.29, 0.717) is 24.9 Å². The highest BCUT2D eigenvalue weighted by atomic mass is 79.9. The third-order valence-electron chi connectivity index (χ3n) is 3.09. The zero-order chi connectivity index (χ0) is 13.5. The van der Waals surface area contributed by atoms with Crippen LogP contribution in [0.3, 0.4) is 0 Å². The van der Waals surface area contributed by atoms with Gasteiger partial charge in [-0.05, 0) is 42.9 Å². The summed E-state index contributed by atoms with van der Waals surface area (Å²) < 4.78 is 6.11. The summed E-state index contributed by atoms with van der Waals surface area (Å²) in [5.41, 5.74) is 1.26. The van der Waals surface area contributed by atoms with Crippen molar-refractivity contribution in [3.63, 3.8) is 0 Å². The lowest BCUT2D eigenvalue weighted by Gasteiger charge is -2.20. The topological polar surface area (TPSA) is 26.3 Å². The first kappa shape index (κ1) is 15.2. The van der Waals surface area contributed by atoms with Crippen LogP contribution in [0.4, 0.5) is 0 Å². The third kappa shape index (κ3) is 5.21. The molecule has 1 rings (SSSR count). The molecule has 0 aromatic heterocycles. The maximum atomic E-state index is 11.6. The van der Waals surface area contributed by atoms with E-state index in [2.05, 4.69) is 41.9 Å². The van der Waals surface area contributed by atoms with Crippen molar-refractivity contribution in [2.24, 2.45) is 11.8 Å². The Kier molecular flexibility index (Phi) is 6.41. The number of hydrogen-bond donors (Lipinski definition) is 0. The van der Waals surface area contributed by atoms with E-state index in [1.54, 1.807) is 0 Å². The molecular weight excluding hydrogens is 292 g/mol. The zero-order valence-corrected chi connectivity index (χ0v) is 12.9. The Morgan fingerprint density at radius 2 is 1.89 bits per heavy atom. The van der Waals surface area contributed by atoms with Gasteiger partial charge in [-0.3, -0.25) is 4.79 Å². The second-order valence-corrected chi connectivity index (χ2v) is 5.76. The SMILES string of the molecule is CCOC(=O)CC(Cc1ccc(Br)cc1)C(C)C. The number of benzene rings is 1. The fourth-order valence-electron chi connectivity index (χ4n) is 1.90. The Morgan fingerprint density at radius 1 is 1.28 bits per heavy atom. The predicted octanol–water partition coefficient (Wildman–Crippen LogP) is 4.22. The molecule has 100 valence electrons. The normalized spacial score (nSPS) is 12.5. The van der Waals surface area contributed by atoms with Crippen molar-refractivity contribution in [2.45, 2.75) is 33.6 Å². The van der Waals surface area contributed by atoms with E-state index >= 15 is 0 Å². The van der Waals surface area contributed by atoms with Gasteiger partial charge in [-0.15, -0.1) is 0 Å². The van der Waals surface area contributed by atoms with Crippen LogP contribution in [0, 0.1) is 11.8 Å². The van der Waals surface area contributed by atoms with Crippen molar-refractivity contribution in [3.8, 4) is 0 Å². The van der Waals surface area contributed by atoms with Gasteiger partial charge >= 0.3 is 5.97 Å². The molecule has 0 aliphatic rings. The molecule has 0 heterocycles. The zero-order valence-electron chi connectivity index (χ0n) is 11.3. The highest BCUT2D eigenvalue weighted by Gasteiger charge is 2.18. The summed E-state index contributed by atoms with van der Waals surface area (Å²) in [6, 6.07) is 8.28. The quantitative estimate of drug-likeness (QED) is 0.735. The molecule has 0 bridgehead atoms. The van der Waals surface area contributed by atoms with E-state index in [1.807, 2.05) is 19.1 Å². The van der Waals surface area contributed by atoms with Crippen LogP contribution in [0.25, 0.3) is 0 Å². The van der Waals surface area contributed by atoms with Crippen LogP contribution in [-0.4, -0.2) is 12.6 Å². The van der Waals surface area contributed by atoms with Crippen molar-refractivity contribution in [3.05, 3.63) is 34.3 Å². The van der Waals surface area contributed by atoms with Gasteiger partial charge in [0.05, 0.1) is 6.61 Å². The lowest BCUT2D eigenvalue weighted by Crippen LogP contribution is -2.18. The fourth-order valence-corrected chi connectivity index (χ4v) is 2.17. The lowest BCUT2D eigenvalue weighted by atomic mass is 9.86. The van der Waals surface area contributed by atoms with Crippen LogP contribution in [0.15, 0.2) is 28.7 Å². The molecule has 2 nitrogen and oxygen atoms in total. The number of rotatable bonds is 6. The number of esters is 1. The molecule has 18 heavy (non-hydrogen) atoms. The van der Waals surface area contributed by atoms with Crippen molar-refractivity contribution >= 4 is 21.9 Å². The molecule has 1 atom stereocenters. The van der Waals surface area contributed by atoms with Crippen LogP contribution in [0.2, 0.25) is 0 Å². The monoisotopic (exact) mass is 312 g/mol. The summed E-state index contributed by atoms with van der Waals surface area (Å²) in [7, 11) is 0. The van der Waals surface area contributed by atoms with Gasteiger partial charge in [0, 0.05) is 10.9 Å². The van der Waals surface area contributed by atoms with E-state index in [9.17, 15) is 4.79 Å². The maximum absolute atomic E-state index is 11.6. The van der Waals surface area contributed by atoms with Crippen molar-refractivity contribution in [2.75, 3.05) is 6.61 Å². The standard InChI is InChI=1S/C15H21BrO2/c1-4-18-15(17)10-13(11(2)3)9-12-5-7-14(16)8-6-12/h5-8,11,13H,4,9-10H2,1-3H3. The molecule has 0 spiro atoms.